The van der Waals surface area contributed by atoms with Crippen molar-refractivity contribution in [2.75, 3.05) is 7.11 Å². The van der Waals surface area contributed by atoms with Crippen LogP contribution in [0.15, 0.2) is 24.5 Å². The standard InChI is InChI=1S/C13H14FN3O2/c1-3-17-13(15-8-16-17)7-11(18)9-4-5-12(19-2)10(14)6-9/h4-6,8H,3,7H2,1-2H3. The minimum Gasteiger partial charge on any atom is -0.494 e. The normalized spacial score (nSPS) is 10.5. The van der Waals surface area contributed by atoms with Crippen LogP contribution in [0.1, 0.15) is 23.1 Å². The molecule has 100 valence electrons. The number of benzene rings is 1. The van der Waals surface area contributed by atoms with E-state index in [1.54, 1.807) is 4.68 Å². The van der Waals surface area contributed by atoms with Crippen LogP contribution in [-0.2, 0) is 13.0 Å². The fourth-order valence-corrected chi connectivity index (χ4v) is 1.77. The van der Waals surface area contributed by atoms with Gasteiger partial charge in [-0.25, -0.2) is 14.1 Å². The van der Waals surface area contributed by atoms with Crippen molar-refractivity contribution in [2.24, 2.45) is 0 Å². The highest BCUT2D eigenvalue weighted by atomic mass is 19.1. The average Bonchev–Trinajstić information content (AvgIpc) is 2.85. The number of ether oxygens (including phenoxy) is 1. The number of rotatable bonds is 5. The zero-order valence-electron chi connectivity index (χ0n) is 10.8. The second kappa shape index (κ2) is 5.60. The van der Waals surface area contributed by atoms with Gasteiger partial charge in [0.15, 0.2) is 17.3 Å². The van der Waals surface area contributed by atoms with Crippen molar-refractivity contribution in [1.82, 2.24) is 14.8 Å². The molecule has 2 rings (SSSR count). The van der Waals surface area contributed by atoms with E-state index in [0.717, 1.165) is 0 Å². The van der Waals surface area contributed by atoms with Gasteiger partial charge in [-0.05, 0) is 25.1 Å². The third-order valence-corrected chi connectivity index (χ3v) is 2.79. The van der Waals surface area contributed by atoms with Gasteiger partial charge in [-0.3, -0.25) is 4.79 Å². The second-order valence-electron chi connectivity index (χ2n) is 3.94. The van der Waals surface area contributed by atoms with Crippen LogP contribution < -0.4 is 4.74 Å². The lowest BCUT2D eigenvalue weighted by molar-refractivity contribution is 0.0989. The fraction of sp³-hybridized carbons (Fsp3) is 0.308. The molecule has 0 saturated carbocycles. The highest BCUT2D eigenvalue weighted by Crippen LogP contribution is 2.18. The van der Waals surface area contributed by atoms with E-state index in [0.29, 0.717) is 17.9 Å². The van der Waals surface area contributed by atoms with E-state index >= 15 is 0 Å². The Balaban J connectivity index is 2.18. The third kappa shape index (κ3) is 2.78. The molecule has 0 saturated heterocycles. The summed E-state index contributed by atoms with van der Waals surface area (Å²) in [4.78, 5) is 16.1. The number of carbonyl (C=O) groups is 1. The molecule has 0 aliphatic heterocycles. The number of ketones is 1. The topological polar surface area (TPSA) is 57.0 Å². The van der Waals surface area contributed by atoms with Crippen LogP contribution in [0.2, 0.25) is 0 Å². The highest BCUT2D eigenvalue weighted by Gasteiger charge is 2.13. The molecule has 0 aliphatic rings. The molecular weight excluding hydrogens is 249 g/mol. The lowest BCUT2D eigenvalue weighted by Crippen LogP contribution is -2.11. The maximum Gasteiger partial charge on any atom is 0.170 e. The van der Waals surface area contributed by atoms with E-state index in [1.165, 1.54) is 31.6 Å². The number of aromatic nitrogens is 3. The van der Waals surface area contributed by atoms with Crippen LogP contribution in [0.25, 0.3) is 0 Å². The second-order valence-corrected chi connectivity index (χ2v) is 3.94. The summed E-state index contributed by atoms with van der Waals surface area (Å²) in [5.74, 6) is -0.0634. The van der Waals surface area contributed by atoms with Crippen molar-refractivity contribution in [2.45, 2.75) is 19.9 Å². The van der Waals surface area contributed by atoms with Crippen LogP contribution in [-0.4, -0.2) is 27.7 Å². The van der Waals surface area contributed by atoms with E-state index in [4.69, 9.17) is 4.74 Å². The van der Waals surface area contributed by atoms with Crippen molar-refractivity contribution < 1.29 is 13.9 Å². The molecule has 0 aliphatic carbocycles. The first-order chi connectivity index (χ1) is 9.15. The summed E-state index contributed by atoms with van der Waals surface area (Å²) in [6, 6.07) is 4.15. The first-order valence-corrected chi connectivity index (χ1v) is 5.89. The quantitative estimate of drug-likeness (QED) is 0.773. The lowest BCUT2D eigenvalue weighted by Gasteiger charge is -2.05. The molecule has 1 aromatic heterocycles. The number of aryl methyl sites for hydroxylation is 1. The average molecular weight is 263 g/mol. The number of methoxy groups -OCH3 is 1. The van der Waals surface area contributed by atoms with Gasteiger partial charge in [-0.15, -0.1) is 0 Å². The molecular formula is C13H14FN3O2. The molecule has 5 nitrogen and oxygen atoms in total. The number of hydrogen-bond acceptors (Lipinski definition) is 4. The molecule has 0 spiro atoms. The first kappa shape index (κ1) is 13.2. The lowest BCUT2D eigenvalue weighted by atomic mass is 10.1. The molecule has 0 unspecified atom stereocenters. The Labute approximate surface area is 110 Å². The van der Waals surface area contributed by atoms with Crippen LogP contribution in [0.4, 0.5) is 4.39 Å². The van der Waals surface area contributed by atoms with E-state index in [-0.39, 0.29) is 18.0 Å². The maximum absolute atomic E-state index is 13.5. The summed E-state index contributed by atoms with van der Waals surface area (Å²) >= 11 is 0. The zero-order chi connectivity index (χ0) is 13.8. The monoisotopic (exact) mass is 263 g/mol. The van der Waals surface area contributed by atoms with Gasteiger partial charge >= 0.3 is 0 Å². The molecule has 6 heteroatoms. The third-order valence-electron chi connectivity index (χ3n) is 2.79. The molecule has 0 N–H and O–H groups in total. The van der Waals surface area contributed by atoms with Gasteiger partial charge in [0.25, 0.3) is 0 Å². The summed E-state index contributed by atoms with van der Waals surface area (Å²) in [6.45, 7) is 2.55. The van der Waals surface area contributed by atoms with Gasteiger partial charge < -0.3 is 4.74 Å². The Kier molecular flexibility index (Phi) is 3.89. The molecule has 0 fully saturated rings. The van der Waals surface area contributed by atoms with Crippen molar-refractivity contribution in [3.8, 4) is 5.75 Å². The summed E-state index contributed by atoms with van der Waals surface area (Å²) < 4.78 is 20.0. The van der Waals surface area contributed by atoms with Gasteiger partial charge in [0.1, 0.15) is 12.2 Å². The number of nitrogens with zero attached hydrogens (tertiary/aromatic N) is 3. The Morgan fingerprint density at radius 3 is 2.89 bits per heavy atom. The largest absolute Gasteiger partial charge is 0.494 e. The number of carbonyl (C=O) groups excluding carboxylic acids is 1. The van der Waals surface area contributed by atoms with E-state index in [2.05, 4.69) is 10.1 Å². The Morgan fingerprint density at radius 2 is 2.26 bits per heavy atom. The van der Waals surface area contributed by atoms with Gasteiger partial charge in [0, 0.05) is 12.1 Å². The van der Waals surface area contributed by atoms with Crippen LogP contribution >= 0.6 is 0 Å². The molecule has 0 atom stereocenters. The molecule has 0 amide bonds. The summed E-state index contributed by atoms with van der Waals surface area (Å²) in [5, 5.41) is 3.99. The Hall–Kier alpha value is -2.24. The SMILES string of the molecule is CCn1ncnc1CC(=O)c1ccc(OC)c(F)c1. The molecule has 0 bridgehead atoms. The maximum atomic E-state index is 13.5. The molecule has 2 aromatic rings. The molecule has 0 radical (unpaired) electrons. The summed E-state index contributed by atoms with van der Waals surface area (Å²) in [6.07, 6.45) is 1.50. The smallest absolute Gasteiger partial charge is 0.170 e. The number of Topliss-reactive ketones (excluding diaryl/α,β-unsaturated/α-hetero) is 1. The van der Waals surface area contributed by atoms with Crippen LogP contribution in [0.5, 0.6) is 5.75 Å². The summed E-state index contributed by atoms with van der Waals surface area (Å²) in [5.41, 5.74) is 0.295. The predicted octanol–water partition coefficient (Wildman–Crippen LogP) is 1.87. The van der Waals surface area contributed by atoms with Crippen molar-refractivity contribution in [3.63, 3.8) is 0 Å². The summed E-state index contributed by atoms with van der Waals surface area (Å²) in [7, 11) is 1.38. The highest BCUT2D eigenvalue weighted by molar-refractivity contribution is 5.97. The minimum absolute atomic E-state index is 0.0968. The van der Waals surface area contributed by atoms with Gasteiger partial charge in [0.2, 0.25) is 0 Å². The van der Waals surface area contributed by atoms with Gasteiger partial charge in [-0.2, -0.15) is 5.10 Å². The van der Waals surface area contributed by atoms with Crippen molar-refractivity contribution in [1.29, 1.82) is 0 Å². The minimum atomic E-state index is -0.551. The zero-order valence-corrected chi connectivity index (χ0v) is 10.8. The Morgan fingerprint density at radius 1 is 1.47 bits per heavy atom. The first-order valence-electron chi connectivity index (χ1n) is 5.89. The number of hydrogen-bond donors (Lipinski definition) is 0. The van der Waals surface area contributed by atoms with E-state index in [9.17, 15) is 9.18 Å². The van der Waals surface area contributed by atoms with Crippen molar-refractivity contribution >= 4 is 5.78 Å². The van der Waals surface area contributed by atoms with Gasteiger partial charge in [-0.1, -0.05) is 0 Å². The van der Waals surface area contributed by atoms with Crippen molar-refractivity contribution in [3.05, 3.63) is 41.7 Å². The Bertz CT molecular complexity index is 595. The van der Waals surface area contributed by atoms with E-state index < -0.39 is 5.82 Å². The fourth-order valence-electron chi connectivity index (χ4n) is 1.77. The van der Waals surface area contributed by atoms with Crippen LogP contribution in [0, 0.1) is 5.82 Å². The predicted molar refractivity (Wildman–Crippen MR) is 66.7 cm³/mol. The van der Waals surface area contributed by atoms with E-state index in [1.807, 2.05) is 6.92 Å². The number of halogens is 1. The van der Waals surface area contributed by atoms with Crippen LogP contribution in [0.3, 0.4) is 0 Å². The molecule has 19 heavy (non-hydrogen) atoms. The molecule has 1 heterocycles. The molecule has 1 aromatic carbocycles. The van der Waals surface area contributed by atoms with Gasteiger partial charge in [0.05, 0.1) is 13.5 Å².